The van der Waals surface area contributed by atoms with Gasteiger partial charge in [0.2, 0.25) is 5.95 Å². The van der Waals surface area contributed by atoms with Crippen molar-refractivity contribution < 1.29 is 13.9 Å². The molecule has 1 atom stereocenters. The van der Waals surface area contributed by atoms with E-state index in [4.69, 9.17) is 5.73 Å². The van der Waals surface area contributed by atoms with Crippen molar-refractivity contribution in [3.05, 3.63) is 59.4 Å². The summed E-state index contributed by atoms with van der Waals surface area (Å²) in [5, 5.41) is 14.3. The first-order chi connectivity index (χ1) is 18.2. The molecule has 2 aliphatic rings. The average Bonchev–Trinajstić information content (AvgIpc) is 3.26. The number of hydrogen-bond acceptors (Lipinski definition) is 8. The van der Waals surface area contributed by atoms with Crippen molar-refractivity contribution in [3.8, 4) is 5.82 Å². The number of rotatable bonds is 7. The number of β-amino-alcohol motifs (C(OH)–C–C–N with tert-alkyl or cyclic N) is 1. The molecule has 2 saturated heterocycles. The number of anilines is 3. The quantitative estimate of drug-likeness (QED) is 0.453. The summed E-state index contributed by atoms with van der Waals surface area (Å²) < 4.78 is 29.2. The molecule has 9 nitrogen and oxygen atoms in total. The molecule has 0 amide bonds. The number of aliphatic hydroxyl groups excluding tert-OH is 1. The van der Waals surface area contributed by atoms with Gasteiger partial charge in [0, 0.05) is 68.7 Å². The minimum absolute atomic E-state index is 0. The van der Waals surface area contributed by atoms with E-state index in [0.717, 1.165) is 30.4 Å². The highest BCUT2D eigenvalue weighted by Gasteiger charge is 2.27. The fraction of sp³-hybridized carbons (Fsp3) is 0.444. The Kier molecular flexibility index (Phi) is 8.73. The van der Waals surface area contributed by atoms with E-state index < -0.39 is 11.6 Å². The van der Waals surface area contributed by atoms with Crippen molar-refractivity contribution in [2.45, 2.75) is 38.8 Å². The molecule has 0 saturated carbocycles. The fourth-order valence-corrected chi connectivity index (χ4v) is 5.15. The molecule has 0 radical (unpaired) electrons. The molecular weight excluding hydrogens is 526 g/mol. The summed E-state index contributed by atoms with van der Waals surface area (Å²) >= 11 is 0. The molecule has 0 bridgehead atoms. The highest BCUT2D eigenvalue weighted by atomic mass is 35.5. The summed E-state index contributed by atoms with van der Waals surface area (Å²) in [6.07, 6.45) is 5.69. The molecule has 2 fully saturated rings. The SMILES string of the molecule is CC(C)c1c(/C=C/CN2CCN(c3cc(F)cc(F)c3)C[C@H]2C)cnn1-c1cc(N2CC(O)C2)nc(N)n1.Cl. The number of aromatic nitrogens is 4. The summed E-state index contributed by atoms with van der Waals surface area (Å²) in [6.45, 7) is 10.3. The van der Waals surface area contributed by atoms with Crippen LogP contribution in [0, 0.1) is 11.6 Å². The van der Waals surface area contributed by atoms with Crippen molar-refractivity contribution in [2.24, 2.45) is 0 Å². The molecule has 0 unspecified atom stereocenters. The Morgan fingerprint density at radius 2 is 1.72 bits per heavy atom. The van der Waals surface area contributed by atoms with E-state index in [0.29, 0.717) is 43.5 Å². The first-order valence-corrected chi connectivity index (χ1v) is 13.0. The van der Waals surface area contributed by atoms with Gasteiger partial charge >= 0.3 is 0 Å². The van der Waals surface area contributed by atoms with Crippen LogP contribution in [0.4, 0.5) is 26.2 Å². The number of halogens is 3. The van der Waals surface area contributed by atoms with Crippen molar-refractivity contribution in [1.29, 1.82) is 0 Å². The predicted molar refractivity (Wildman–Crippen MR) is 152 cm³/mol. The third-order valence-corrected chi connectivity index (χ3v) is 7.12. The zero-order chi connectivity index (χ0) is 27.0. The summed E-state index contributed by atoms with van der Waals surface area (Å²) in [5.41, 5.74) is 8.60. The van der Waals surface area contributed by atoms with E-state index in [1.54, 1.807) is 0 Å². The van der Waals surface area contributed by atoms with E-state index in [-0.39, 0.29) is 36.4 Å². The van der Waals surface area contributed by atoms with Gasteiger partial charge < -0.3 is 20.6 Å². The van der Waals surface area contributed by atoms with Gasteiger partial charge in [0.1, 0.15) is 17.5 Å². The monoisotopic (exact) mass is 560 g/mol. The van der Waals surface area contributed by atoms with Crippen LogP contribution in [0.5, 0.6) is 0 Å². The van der Waals surface area contributed by atoms with Gasteiger partial charge in [-0.15, -0.1) is 12.4 Å². The van der Waals surface area contributed by atoms with E-state index in [1.807, 2.05) is 26.7 Å². The second-order valence-electron chi connectivity index (χ2n) is 10.4. The Morgan fingerprint density at radius 3 is 2.36 bits per heavy atom. The highest BCUT2D eigenvalue weighted by molar-refractivity contribution is 5.85. The molecule has 0 spiro atoms. The van der Waals surface area contributed by atoms with Crippen LogP contribution in [0.15, 0.2) is 36.5 Å². The lowest BCUT2D eigenvalue weighted by molar-refractivity contribution is 0.141. The Morgan fingerprint density at radius 1 is 1.03 bits per heavy atom. The number of nitrogens with zero attached hydrogens (tertiary/aromatic N) is 7. The summed E-state index contributed by atoms with van der Waals surface area (Å²) in [4.78, 5) is 15.1. The van der Waals surface area contributed by atoms with Crippen molar-refractivity contribution in [2.75, 3.05) is 54.8 Å². The largest absolute Gasteiger partial charge is 0.389 e. The molecule has 2 aliphatic heterocycles. The summed E-state index contributed by atoms with van der Waals surface area (Å²) in [5.74, 6) is 0.497. The van der Waals surface area contributed by atoms with Crippen LogP contribution in [-0.2, 0) is 0 Å². The summed E-state index contributed by atoms with van der Waals surface area (Å²) in [6, 6.07) is 5.74. The van der Waals surface area contributed by atoms with Crippen LogP contribution in [0.2, 0.25) is 0 Å². The molecule has 3 aromatic rings. The van der Waals surface area contributed by atoms with Crippen LogP contribution in [0.3, 0.4) is 0 Å². The molecule has 5 rings (SSSR count). The van der Waals surface area contributed by atoms with Gasteiger partial charge in [-0.1, -0.05) is 26.0 Å². The lowest BCUT2D eigenvalue weighted by Crippen LogP contribution is -2.51. The van der Waals surface area contributed by atoms with Gasteiger partial charge in [-0.3, -0.25) is 4.90 Å². The molecule has 4 heterocycles. The first kappa shape index (κ1) is 28.7. The normalized spacial score (nSPS) is 18.6. The van der Waals surface area contributed by atoms with E-state index >= 15 is 0 Å². The lowest BCUT2D eigenvalue weighted by Gasteiger charge is -2.40. The third-order valence-electron chi connectivity index (χ3n) is 7.12. The Hall–Kier alpha value is -3.28. The van der Waals surface area contributed by atoms with Gasteiger partial charge in [-0.2, -0.15) is 15.1 Å². The van der Waals surface area contributed by atoms with Gasteiger partial charge in [-0.25, -0.2) is 13.5 Å². The Balaban J connectivity index is 0.00000353. The van der Waals surface area contributed by atoms with Crippen LogP contribution >= 0.6 is 12.4 Å². The number of aliphatic hydroxyl groups is 1. The zero-order valence-corrected chi connectivity index (χ0v) is 23.2. The Labute approximate surface area is 233 Å². The van der Waals surface area contributed by atoms with E-state index in [2.05, 4.69) is 52.9 Å². The predicted octanol–water partition coefficient (Wildman–Crippen LogP) is 3.47. The smallest absolute Gasteiger partial charge is 0.224 e. The molecule has 2 aromatic heterocycles. The Bertz CT molecular complexity index is 1310. The maximum Gasteiger partial charge on any atom is 0.224 e. The topological polar surface area (TPSA) is 99.6 Å². The number of nitrogens with two attached hydrogens (primary N) is 1. The number of benzene rings is 1. The first-order valence-electron chi connectivity index (χ1n) is 13.0. The molecule has 1 aromatic carbocycles. The highest BCUT2D eigenvalue weighted by Crippen LogP contribution is 2.27. The van der Waals surface area contributed by atoms with E-state index in [1.165, 1.54) is 12.1 Å². The second-order valence-corrected chi connectivity index (χ2v) is 10.4. The van der Waals surface area contributed by atoms with E-state index in [9.17, 15) is 13.9 Å². The van der Waals surface area contributed by atoms with Gasteiger partial charge in [-0.05, 0) is 25.0 Å². The summed E-state index contributed by atoms with van der Waals surface area (Å²) in [7, 11) is 0. The fourth-order valence-electron chi connectivity index (χ4n) is 5.15. The van der Waals surface area contributed by atoms with Crippen molar-refractivity contribution in [1.82, 2.24) is 24.6 Å². The standard InChI is InChI=1S/C27H34F2N8O.ClH/c1-17(2)26-19(13-31-37(26)25-12-24(32-27(30)33-25)36-15-23(38)16-36)5-4-6-34-7-8-35(14-18(34)3)22-10-20(28)9-21(29)11-22;/h4-5,9-13,17-18,23,38H,6-8,14-16H2,1-3H3,(H2,30,32,33);1H/b5-4+;/t18-;/m1./s1. The number of nitrogen functional groups attached to an aromatic ring is 1. The molecule has 210 valence electrons. The van der Waals surface area contributed by atoms with Crippen LogP contribution < -0.4 is 15.5 Å². The maximum absolute atomic E-state index is 13.7. The molecule has 3 N–H and O–H groups in total. The molecule has 39 heavy (non-hydrogen) atoms. The number of hydrogen-bond donors (Lipinski definition) is 2. The second kappa shape index (κ2) is 11.8. The lowest BCUT2D eigenvalue weighted by atomic mass is 10.1. The van der Waals surface area contributed by atoms with Crippen molar-refractivity contribution in [3.63, 3.8) is 0 Å². The third kappa shape index (κ3) is 6.32. The maximum atomic E-state index is 13.7. The minimum Gasteiger partial charge on any atom is -0.389 e. The van der Waals surface area contributed by atoms with Gasteiger partial charge in [0.05, 0.1) is 18.0 Å². The molecule has 0 aliphatic carbocycles. The van der Waals surface area contributed by atoms with Gasteiger partial charge in [0.15, 0.2) is 5.82 Å². The van der Waals surface area contributed by atoms with Gasteiger partial charge in [0.25, 0.3) is 0 Å². The van der Waals surface area contributed by atoms with Crippen molar-refractivity contribution >= 4 is 35.9 Å². The minimum atomic E-state index is -0.556. The molecular formula is C27H35ClF2N8O. The van der Waals surface area contributed by atoms with Crippen LogP contribution in [-0.4, -0.2) is 81.2 Å². The van der Waals surface area contributed by atoms with Crippen LogP contribution in [0.25, 0.3) is 11.9 Å². The van der Waals surface area contributed by atoms with Crippen LogP contribution in [0.1, 0.15) is 37.9 Å². The number of piperazine rings is 1. The average molecular weight is 561 g/mol. The zero-order valence-electron chi connectivity index (χ0n) is 22.3. The molecule has 12 heteroatoms.